The molecule has 228 valence electrons. The smallest absolute Gasteiger partial charge is 0.429 e. The van der Waals surface area contributed by atoms with Gasteiger partial charge in [0.1, 0.15) is 34.3 Å². The van der Waals surface area contributed by atoms with Crippen LogP contribution in [-0.4, -0.2) is 0 Å². The van der Waals surface area contributed by atoms with Gasteiger partial charge in [-0.25, -0.2) is 22.0 Å². The Morgan fingerprint density at radius 3 is 1.86 bits per heavy atom. The van der Waals surface area contributed by atoms with Gasteiger partial charge < -0.3 is 4.74 Å². The van der Waals surface area contributed by atoms with E-state index in [0.29, 0.717) is 23.8 Å². The van der Waals surface area contributed by atoms with Crippen molar-refractivity contribution in [1.29, 1.82) is 0 Å². The third-order valence-electron chi connectivity index (χ3n) is 7.00. The summed E-state index contributed by atoms with van der Waals surface area (Å²) in [6.07, 6.45) is -8.06. The second kappa shape index (κ2) is 11.5. The molecule has 0 spiro atoms. The van der Waals surface area contributed by atoms with Crippen LogP contribution in [0, 0.1) is 29.1 Å². The van der Waals surface area contributed by atoms with Crippen molar-refractivity contribution < 1.29 is 48.6 Å². The fourth-order valence-electron chi connectivity index (χ4n) is 4.89. The first-order chi connectivity index (χ1) is 20.7. The van der Waals surface area contributed by atoms with Crippen molar-refractivity contribution in [3.05, 3.63) is 125 Å². The van der Waals surface area contributed by atoms with Gasteiger partial charge in [-0.1, -0.05) is 55.8 Å². The van der Waals surface area contributed by atoms with E-state index in [1.165, 1.54) is 0 Å². The topological polar surface area (TPSA) is 9.23 Å². The average Bonchev–Trinajstić information content (AvgIpc) is 2.94. The van der Waals surface area contributed by atoms with Crippen LogP contribution in [0.25, 0.3) is 33.0 Å². The van der Waals surface area contributed by atoms with Crippen LogP contribution in [-0.2, 0) is 18.7 Å². The highest BCUT2D eigenvalue weighted by Crippen LogP contribution is 2.40. The van der Waals surface area contributed by atoms with Gasteiger partial charge in [0, 0.05) is 5.56 Å². The Morgan fingerprint density at radius 2 is 1.25 bits per heavy atom. The van der Waals surface area contributed by atoms with Crippen molar-refractivity contribution >= 4 is 10.8 Å². The largest absolute Gasteiger partial charge is 0.429 e. The number of aryl methyl sites for hydroxylation is 1. The van der Waals surface area contributed by atoms with Crippen molar-refractivity contribution in [2.75, 3.05) is 0 Å². The lowest BCUT2D eigenvalue weighted by atomic mass is 9.98. The van der Waals surface area contributed by atoms with Crippen molar-refractivity contribution in [3.63, 3.8) is 0 Å². The molecular formula is C33H20F10O. The summed E-state index contributed by atoms with van der Waals surface area (Å²) in [4.78, 5) is 0. The highest BCUT2D eigenvalue weighted by Gasteiger charge is 2.40. The molecule has 0 aliphatic carbocycles. The Hall–Kier alpha value is -4.54. The van der Waals surface area contributed by atoms with E-state index in [2.05, 4.69) is 4.74 Å². The number of hydrogen-bond donors (Lipinski definition) is 0. The van der Waals surface area contributed by atoms with Crippen LogP contribution in [0.4, 0.5) is 43.9 Å². The van der Waals surface area contributed by atoms with Gasteiger partial charge >= 0.3 is 12.3 Å². The highest BCUT2D eigenvalue weighted by molar-refractivity contribution is 5.89. The number of alkyl halides is 5. The monoisotopic (exact) mass is 622 g/mol. The van der Waals surface area contributed by atoms with Crippen LogP contribution in [0.15, 0.2) is 78.9 Å². The van der Waals surface area contributed by atoms with Crippen LogP contribution in [0.2, 0.25) is 0 Å². The first kappa shape index (κ1) is 30.9. The van der Waals surface area contributed by atoms with Gasteiger partial charge in [0.15, 0.2) is 11.6 Å². The van der Waals surface area contributed by atoms with Crippen LogP contribution in [0.5, 0.6) is 5.75 Å². The standard InChI is InChI=1S/C33H20F10O/c1-2-3-17-4-6-19(7-5-17)23-12-13-24(30(37)29(23)36)33(42,43)44-22-10-8-18(9-11-22)20-14-21-16-26(35)28(32(39,40)41)31(38)27(21)25(34)15-20/h4-16H,2-3H2,1H3. The number of halogens is 10. The highest BCUT2D eigenvalue weighted by atomic mass is 19.4. The second-order valence-corrected chi connectivity index (χ2v) is 9.98. The summed E-state index contributed by atoms with van der Waals surface area (Å²) < 4.78 is 147. The number of hydrogen-bond acceptors (Lipinski definition) is 1. The molecule has 11 heteroatoms. The van der Waals surface area contributed by atoms with Gasteiger partial charge in [-0.2, -0.15) is 22.0 Å². The van der Waals surface area contributed by atoms with E-state index >= 15 is 0 Å². The zero-order valence-electron chi connectivity index (χ0n) is 22.6. The normalized spacial score (nSPS) is 12.2. The quantitative estimate of drug-likeness (QED) is 0.164. The molecule has 0 atom stereocenters. The molecule has 0 fully saturated rings. The number of benzene rings is 5. The summed E-state index contributed by atoms with van der Waals surface area (Å²) in [5.41, 5.74) is -2.45. The third kappa shape index (κ3) is 5.82. The third-order valence-corrected chi connectivity index (χ3v) is 7.00. The molecule has 0 unspecified atom stereocenters. The lowest BCUT2D eigenvalue weighted by Gasteiger charge is -2.20. The van der Waals surface area contributed by atoms with E-state index in [-0.39, 0.29) is 16.7 Å². The van der Waals surface area contributed by atoms with E-state index in [4.69, 9.17) is 0 Å². The summed E-state index contributed by atoms with van der Waals surface area (Å²) in [7, 11) is 0. The SMILES string of the molecule is CCCc1ccc(-c2ccc(C(F)(F)Oc3ccc(-c4cc(F)c5c(F)c(C(F)(F)F)c(F)cc5c4)cc3)c(F)c2F)cc1. The second-order valence-electron chi connectivity index (χ2n) is 9.98. The van der Waals surface area contributed by atoms with E-state index in [1.807, 2.05) is 6.92 Å². The van der Waals surface area contributed by atoms with Crippen molar-refractivity contribution in [2.24, 2.45) is 0 Å². The van der Waals surface area contributed by atoms with E-state index in [9.17, 15) is 43.9 Å². The first-order valence-corrected chi connectivity index (χ1v) is 13.1. The van der Waals surface area contributed by atoms with Crippen LogP contribution in [0.1, 0.15) is 30.0 Å². The fourth-order valence-corrected chi connectivity index (χ4v) is 4.89. The molecule has 0 heterocycles. The maximum atomic E-state index is 15.0. The zero-order valence-corrected chi connectivity index (χ0v) is 22.6. The molecule has 5 aromatic carbocycles. The summed E-state index contributed by atoms with van der Waals surface area (Å²) >= 11 is 0. The lowest BCUT2D eigenvalue weighted by molar-refractivity contribution is -0.187. The van der Waals surface area contributed by atoms with E-state index in [0.717, 1.165) is 54.8 Å². The molecule has 1 nitrogen and oxygen atoms in total. The summed E-state index contributed by atoms with van der Waals surface area (Å²) in [5.74, 6) is -9.25. The molecule has 0 N–H and O–H groups in total. The number of ether oxygens (including phenoxy) is 1. The van der Waals surface area contributed by atoms with Gasteiger partial charge in [0.05, 0.1) is 5.39 Å². The molecule has 0 aliphatic heterocycles. The average molecular weight is 623 g/mol. The molecule has 0 radical (unpaired) electrons. The maximum absolute atomic E-state index is 15.0. The predicted molar refractivity (Wildman–Crippen MR) is 145 cm³/mol. The minimum Gasteiger partial charge on any atom is -0.429 e. The molecule has 0 aromatic heterocycles. The zero-order chi connectivity index (χ0) is 32.0. The first-order valence-electron chi connectivity index (χ1n) is 13.1. The van der Waals surface area contributed by atoms with Gasteiger partial charge in [0.2, 0.25) is 0 Å². The number of fused-ring (bicyclic) bond motifs is 1. The van der Waals surface area contributed by atoms with Gasteiger partial charge in [-0.15, -0.1) is 0 Å². The number of rotatable bonds is 7. The Bertz CT molecular complexity index is 1840. The Labute approximate surface area is 244 Å². The van der Waals surface area contributed by atoms with Gasteiger partial charge in [-0.3, -0.25) is 0 Å². The summed E-state index contributed by atoms with van der Waals surface area (Å²) in [5, 5.41) is -1.58. The summed E-state index contributed by atoms with van der Waals surface area (Å²) in [6, 6.07) is 14.7. The fraction of sp³-hybridized carbons (Fsp3) is 0.152. The van der Waals surface area contributed by atoms with E-state index in [1.54, 1.807) is 24.3 Å². The molecule has 5 rings (SSSR count). The molecule has 0 aliphatic rings. The van der Waals surface area contributed by atoms with Crippen LogP contribution >= 0.6 is 0 Å². The minimum atomic E-state index is -5.40. The van der Waals surface area contributed by atoms with Crippen molar-refractivity contribution in [2.45, 2.75) is 32.1 Å². The Balaban J connectivity index is 1.40. The molecule has 5 aromatic rings. The molecule has 0 saturated heterocycles. The molecule has 0 saturated carbocycles. The molecule has 44 heavy (non-hydrogen) atoms. The van der Waals surface area contributed by atoms with Crippen molar-refractivity contribution in [1.82, 2.24) is 0 Å². The minimum absolute atomic E-state index is 0.0432. The van der Waals surface area contributed by atoms with Crippen molar-refractivity contribution in [3.8, 4) is 28.0 Å². The molecular weight excluding hydrogens is 602 g/mol. The predicted octanol–water partition coefficient (Wildman–Crippen LogP) is 11.0. The Kier molecular flexibility index (Phi) is 8.09. The van der Waals surface area contributed by atoms with E-state index < -0.39 is 69.0 Å². The molecule has 0 bridgehead atoms. The Morgan fingerprint density at radius 1 is 0.614 bits per heavy atom. The molecule has 0 amide bonds. The maximum Gasteiger partial charge on any atom is 0.429 e. The van der Waals surface area contributed by atoms with Gasteiger partial charge in [0.25, 0.3) is 0 Å². The summed E-state index contributed by atoms with van der Waals surface area (Å²) in [6.45, 7) is 1.98. The van der Waals surface area contributed by atoms with Crippen LogP contribution in [0.3, 0.4) is 0 Å². The lowest BCUT2D eigenvalue weighted by Crippen LogP contribution is -2.24. The van der Waals surface area contributed by atoms with Crippen LogP contribution < -0.4 is 4.74 Å². The van der Waals surface area contributed by atoms with Gasteiger partial charge in [-0.05, 0) is 70.5 Å².